The van der Waals surface area contributed by atoms with Crippen LogP contribution in [-0.2, 0) is 19.1 Å². The molecule has 3 atom stereocenters. The van der Waals surface area contributed by atoms with Crippen molar-refractivity contribution in [3.8, 4) is 0 Å². The number of carbonyl (C=O) groups is 4. The minimum Gasteiger partial charge on any atom is -0.466 e. The molecule has 0 bridgehead atoms. The highest BCUT2D eigenvalue weighted by molar-refractivity contribution is 7.99. The Bertz CT molecular complexity index is 662. The first-order valence-corrected chi connectivity index (χ1v) is 8.57. The topological polar surface area (TPSA) is 118 Å². The van der Waals surface area contributed by atoms with Gasteiger partial charge in [0.1, 0.15) is 17.2 Å². The fraction of sp³-hybridized carbons (Fsp3) is 0.467. The van der Waals surface area contributed by atoms with E-state index in [1.807, 2.05) is 5.32 Å². The Kier molecular flexibility index (Phi) is 6.07. The SMILES string of the molecule is CNC(=O)NC(=O)[C@H](C)OC(=O)[C@H]1CS[C@H](c2ccco2)N1C(C)=O. The average molecular weight is 369 g/mol. The van der Waals surface area contributed by atoms with Crippen molar-refractivity contribution >= 4 is 35.6 Å². The van der Waals surface area contributed by atoms with E-state index < -0.39 is 35.4 Å². The molecule has 1 saturated heterocycles. The fourth-order valence-corrected chi connectivity index (χ4v) is 3.72. The van der Waals surface area contributed by atoms with Gasteiger partial charge in [-0.2, -0.15) is 0 Å². The Morgan fingerprint density at radius 3 is 2.68 bits per heavy atom. The van der Waals surface area contributed by atoms with Crippen LogP contribution in [0.25, 0.3) is 0 Å². The maximum atomic E-state index is 12.4. The van der Waals surface area contributed by atoms with Gasteiger partial charge in [0.2, 0.25) is 5.91 Å². The average Bonchev–Trinajstić information content (AvgIpc) is 3.22. The van der Waals surface area contributed by atoms with Gasteiger partial charge >= 0.3 is 12.0 Å². The van der Waals surface area contributed by atoms with E-state index >= 15 is 0 Å². The minimum absolute atomic E-state index is 0.309. The molecule has 0 aromatic carbocycles. The second kappa shape index (κ2) is 8.06. The molecule has 1 aliphatic rings. The third-order valence-electron chi connectivity index (χ3n) is 3.55. The molecular formula is C15H19N3O6S. The van der Waals surface area contributed by atoms with E-state index in [1.165, 1.54) is 43.8 Å². The van der Waals surface area contributed by atoms with Crippen LogP contribution >= 0.6 is 11.8 Å². The molecule has 1 fully saturated rings. The molecule has 2 N–H and O–H groups in total. The van der Waals surface area contributed by atoms with Crippen molar-refractivity contribution in [1.29, 1.82) is 0 Å². The number of carbonyl (C=O) groups excluding carboxylic acids is 4. The molecule has 9 nitrogen and oxygen atoms in total. The number of thioether (sulfide) groups is 1. The summed E-state index contributed by atoms with van der Waals surface area (Å²) in [5.74, 6) is -0.906. The molecule has 1 aromatic heterocycles. The van der Waals surface area contributed by atoms with Crippen LogP contribution in [0.1, 0.15) is 25.0 Å². The predicted molar refractivity (Wildman–Crippen MR) is 88.4 cm³/mol. The number of furan rings is 1. The van der Waals surface area contributed by atoms with E-state index in [2.05, 4.69) is 5.32 Å². The summed E-state index contributed by atoms with van der Waals surface area (Å²) < 4.78 is 10.4. The molecular weight excluding hydrogens is 350 g/mol. The number of urea groups is 1. The molecule has 2 rings (SSSR count). The third kappa shape index (κ3) is 4.32. The van der Waals surface area contributed by atoms with Gasteiger partial charge in [0.15, 0.2) is 6.10 Å². The van der Waals surface area contributed by atoms with Crippen LogP contribution in [0.4, 0.5) is 4.79 Å². The van der Waals surface area contributed by atoms with Crippen molar-refractivity contribution in [3.05, 3.63) is 24.2 Å². The van der Waals surface area contributed by atoms with Crippen LogP contribution in [0, 0.1) is 0 Å². The molecule has 1 aromatic rings. The van der Waals surface area contributed by atoms with Gasteiger partial charge in [-0.05, 0) is 19.1 Å². The van der Waals surface area contributed by atoms with E-state index in [0.29, 0.717) is 11.5 Å². The lowest BCUT2D eigenvalue weighted by atomic mass is 10.2. The molecule has 136 valence electrons. The van der Waals surface area contributed by atoms with Crippen LogP contribution < -0.4 is 10.6 Å². The minimum atomic E-state index is -1.17. The van der Waals surface area contributed by atoms with E-state index in [4.69, 9.17) is 9.15 Å². The van der Waals surface area contributed by atoms with E-state index in [1.54, 1.807) is 12.1 Å². The fourth-order valence-electron chi connectivity index (χ4n) is 2.31. The summed E-state index contributed by atoms with van der Waals surface area (Å²) in [5.41, 5.74) is 0. The molecule has 25 heavy (non-hydrogen) atoms. The lowest BCUT2D eigenvalue weighted by Crippen LogP contribution is -2.47. The Balaban J connectivity index is 2.04. The van der Waals surface area contributed by atoms with E-state index in [0.717, 1.165) is 0 Å². The highest BCUT2D eigenvalue weighted by Crippen LogP contribution is 2.41. The number of hydrogen-bond acceptors (Lipinski definition) is 7. The molecule has 4 amide bonds. The van der Waals surface area contributed by atoms with Gasteiger partial charge in [-0.15, -0.1) is 11.8 Å². The number of amides is 4. The molecule has 0 radical (unpaired) electrons. The van der Waals surface area contributed by atoms with Crippen LogP contribution in [0.5, 0.6) is 0 Å². The van der Waals surface area contributed by atoms with Crippen LogP contribution in [-0.4, -0.2) is 53.7 Å². The monoisotopic (exact) mass is 369 g/mol. The molecule has 1 aliphatic heterocycles. The third-order valence-corrected chi connectivity index (χ3v) is 4.83. The van der Waals surface area contributed by atoms with Crippen molar-refractivity contribution in [1.82, 2.24) is 15.5 Å². The lowest BCUT2D eigenvalue weighted by molar-refractivity contribution is -0.161. The standard InChI is InChI=1S/C15H19N3O6S/c1-8(12(20)17-15(22)16-3)24-14(21)10-7-25-13(18(10)9(2)19)11-5-4-6-23-11/h4-6,8,10,13H,7H2,1-3H3,(H2,16,17,20,22)/t8-,10+,13+/m0/s1. The molecule has 10 heteroatoms. The van der Waals surface area contributed by atoms with Crippen LogP contribution in [0.15, 0.2) is 22.8 Å². The zero-order valence-electron chi connectivity index (χ0n) is 14.0. The summed E-state index contributed by atoms with van der Waals surface area (Å²) in [6.45, 7) is 2.70. The number of hydrogen-bond donors (Lipinski definition) is 2. The van der Waals surface area contributed by atoms with Crippen molar-refractivity contribution in [2.24, 2.45) is 0 Å². The van der Waals surface area contributed by atoms with Crippen molar-refractivity contribution in [2.45, 2.75) is 31.4 Å². The van der Waals surface area contributed by atoms with Gasteiger partial charge in [-0.3, -0.25) is 14.9 Å². The van der Waals surface area contributed by atoms with Crippen molar-refractivity contribution in [3.63, 3.8) is 0 Å². The Labute approximate surface area is 148 Å². The lowest BCUT2D eigenvalue weighted by Gasteiger charge is -2.26. The predicted octanol–water partition coefficient (Wildman–Crippen LogP) is 0.629. The largest absolute Gasteiger partial charge is 0.466 e. The zero-order chi connectivity index (χ0) is 18.6. The Morgan fingerprint density at radius 1 is 1.40 bits per heavy atom. The first-order valence-electron chi connectivity index (χ1n) is 7.52. The molecule has 0 aliphatic carbocycles. The van der Waals surface area contributed by atoms with Gasteiger partial charge in [0.25, 0.3) is 5.91 Å². The van der Waals surface area contributed by atoms with Crippen molar-refractivity contribution in [2.75, 3.05) is 12.8 Å². The van der Waals surface area contributed by atoms with Gasteiger partial charge in [0, 0.05) is 19.7 Å². The second-order valence-electron chi connectivity index (χ2n) is 5.29. The second-order valence-corrected chi connectivity index (χ2v) is 6.40. The Hall–Kier alpha value is -2.49. The Morgan fingerprint density at radius 2 is 2.12 bits per heavy atom. The van der Waals surface area contributed by atoms with Crippen LogP contribution in [0.3, 0.4) is 0 Å². The normalized spacial score (nSPS) is 20.7. The van der Waals surface area contributed by atoms with Gasteiger partial charge in [-0.25, -0.2) is 9.59 Å². The zero-order valence-corrected chi connectivity index (χ0v) is 14.8. The summed E-state index contributed by atoms with van der Waals surface area (Å²) in [6.07, 6.45) is 0.316. The first-order chi connectivity index (χ1) is 11.8. The van der Waals surface area contributed by atoms with E-state index in [-0.39, 0.29) is 5.91 Å². The van der Waals surface area contributed by atoms with Crippen molar-refractivity contribution < 1.29 is 28.3 Å². The quantitative estimate of drug-likeness (QED) is 0.747. The van der Waals surface area contributed by atoms with Gasteiger partial charge in [-0.1, -0.05) is 0 Å². The number of nitrogens with one attached hydrogen (secondary N) is 2. The highest BCUT2D eigenvalue weighted by atomic mass is 32.2. The van der Waals surface area contributed by atoms with Crippen LogP contribution in [0.2, 0.25) is 0 Å². The molecule has 0 spiro atoms. The number of imide groups is 1. The van der Waals surface area contributed by atoms with Gasteiger partial charge < -0.3 is 19.4 Å². The molecule has 2 heterocycles. The molecule has 0 saturated carbocycles. The number of esters is 1. The number of nitrogens with zero attached hydrogens (tertiary/aromatic N) is 1. The highest BCUT2D eigenvalue weighted by Gasteiger charge is 2.43. The van der Waals surface area contributed by atoms with E-state index in [9.17, 15) is 19.2 Å². The summed E-state index contributed by atoms with van der Waals surface area (Å²) in [4.78, 5) is 48.7. The smallest absolute Gasteiger partial charge is 0.330 e. The maximum Gasteiger partial charge on any atom is 0.330 e. The summed E-state index contributed by atoms with van der Waals surface area (Å²) >= 11 is 1.37. The molecule has 0 unspecified atom stereocenters. The van der Waals surface area contributed by atoms with Gasteiger partial charge in [0.05, 0.1) is 6.26 Å². The maximum absolute atomic E-state index is 12.4. The summed E-state index contributed by atoms with van der Waals surface area (Å²) in [6, 6.07) is 1.88. The number of ether oxygens (including phenoxy) is 1. The summed E-state index contributed by atoms with van der Waals surface area (Å²) in [5, 5.41) is 3.82. The summed E-state index contributed by atoms with van der Waals surface area (Å²) in [7, 11) is 1.36. The first kappa shape index (κ1) is 18.8. The number of rotatable bonds is 4.